The summed E-state index contributed by atoms with van der Waals surface area (Å²) in [5.74, 6) is 0.923. The van der Waals surface area contributed by atoms with E-state index in [4.69, 9.17) is 9.47 Å². The smallest absolute Gasteiger partial charge is 0.341 e. The maximum absolute atomic E-state index is 11.4. The van der Waals surface area contributed by atoms with Crippen LogP contribution in [0.2, 0.25) is 0 Å². The number of carbonyl (C=O) groups is 1. The minimum atomic E-state index is -1.09. The maximum atomic E-state index is 11.4. The molecule has 1 aromatic heterocycles. The average Bonchev–Trinajstić information content (AvgIpc) is 2.71. The summed E-state index contributed by atoms with van der Waals surface area (Å²) in [6, 6.07) is 16.8. The molecule has 0 fully saturated rings. The number of aromatic nitrogens is 2. The Morgan fingerprint density at radius 3 is 2.44 bits per heavy atom. The number of ether oxygens (including phenoxy) is 2. The number of hydrogen-bond acceptors (Lipinski definition) is 6. The van der Waals surface area contributed by atoms with Crippen LogP contribution in [0, 0.1) is 0 Å². The van der Waals surface area contributed by atoms with Crippen LogP contribution < -0.4 is 14.8 Å². The number of aromatic carboxylic acids is 1. The molecule has 0 radical (unpaired) electrons. The maximum Gasteiger partial charge on any atom is 0.341 e. The Hall–Kier alpha value is -3.61. The lowest BCUT2D eigenvalue weighted by molar-refractivity contribution is 0.0697. The van der Waals surface area contributed by atoms with E-state index >= 15 is 0 Å². The van der Waals surface area contributed by atoms with Crippen molar-refractivity contribution in [2.24, 2.45) is 0 Å². The third kappa shape index (κ3) is 4.94. The molecular formula is C20H19N3O4. The molecule has 0 unspecified atom stereocenters. The van der Waals surface area contributed by atoms with Gasteiger partial charge in [0.25, 0.3) is 0 Å². The van der Waals surface area contributed by atoms with Crippen LogP contribution in [0.15, 0.2) is 60.8 Å². The van der Waals surface area contributed by atoms with Crippen LogP contribution in [0.3, 0.4) is 0 Å². The first-order chi connectivity index (χ1) is 13.2. The van der Waals surface area contributed by atoms with Gasteiger partial charge in [0.15, 0.2) is 5.82 Å². The van der Waals surface area contributed by atoms with E-state index in [-0.39, 0.29) is 18.0 Å². The standard InChI is InChI=1S/C20H19N3O4/c1-26-15-7-9-16(10-8-15)27-13-18-21-12-17(20(24)25)19(23-18)22-11-14-5-3-2-4-6-14/h2-10,12H,11,13H2,1H3,(H,24,25)(H,21,22,23). The van der Waals surface area contributed by atoms with Crippen molar-refractivity contribution in [3.63, 3.8) is 0 Å². The molecule has 2 N–H and O–H groups in total. The highest BCUT2D eigenvalue weighted by Gasteiger charge is 2.14. The van der Waals surface area contributed by atoms with Gasteiger partial charge in [0.1, 0.15) is 29.5 Å². The molecule has 7 heteroatoms. The first-order valence-electron chi connectivity index (χ1n) is 8.29. The van der Waals surface area contributed by atoms with E-state index in [9.17, 15) is 9.90 Å². The molecule has 1 heterocycles. The highest BCUT2D eigenvalue weighted by molar-refractivity contribution is 5.92. The molecule has 2 aromatic carbocycles. The van der Waals surface area contributed by atoms with E-state index in [0.29, 0.717) is 18.1 Å². The van der Waals surface area contributed by atoms with Gasteiger partial charge in [-0.1, -0.05) is 30.3 Å². The fourth-order valence-electron chi connectivity index (χ4n) is 2.38. The quantitative estimate of drug-likeness (QED) is 0.632. The van der Waals surface area contributed by atoms with E-state index in [0.717, 1.165) is 11.3 Å². The monoisotopic (exact) mass is 365 g/mol. The van der Waals surface area contributed by atoms with Gasteiger partial charge in [0, 0.05) is 12.7 Å². The van der Waals surface area contributed by atoms with Crippen LogP contribution in [-0.4, -0.2) is 28.2 Å². The number of nitrogens with one attached hydrogen (secondary N) is 1. The minimum Gasteiger partial charge on any atom is -0.497 e. The Balaban J connectivity index is 1.70. The van der Waals surface area contributed by atoms with Crippen LogP contribution in [0.4, 0.5) is 5.82 Å². The molecule has 3 rings (SSSR count). The van der Waals surface area contributed by atoms with Gasteiger partial charge >= 0.3 is 5.97 Å². The zero-order chi connectivity index (χ0) is 19.1. The normalized spacial score (nSPS) is 10.3. The van der Waals surface area contributed by atoms with Crippen LogP contribution in [-0.2, 0) is 13.2 Å². The summed E-state index contributed by atoms with van der Waals surface area (Å²) in [6.07, 6.45) is 1.29. The van der Waals surface area contributed by atoms with E-state index in [2.05, 4.69) is 15.3 Å². The summed E-state index contributed by atoms with van der Waals surface area (Å²) in [4.78, 5) is 19.8. The van der Waals surface area contributed by atoms with Gasteiger partial charge in [0.2, 0.25) is 0 Å². The van der Waals surface area contributed by atoms with Gasteiger partial charge in [-0.25, -0.2) is 14.8 Å². The van der Waals surface area contributed by atoms with Crippen molar-refractivity contribution in [2.45, 2.75) is 13.2 Å². The minimum absolute atomic E-state index is 0.0131. The lowest BCUT2D eigenvalue weighted by atomic mass is 10.2. The van der Waals surface area contributed by atoms with Crippen LogP contribution in [0.5, 0.6) is 11.5 Å². The summed E-state index contributed by atoms with van der Waals surface area (Å²) < 4.78 is 10.8. The second-order valence-corrected chi connectivity index (χ2v) is 5.66. The summed E-state index contributed by atoms with van der Waals surface area (Å²) in [5, 5.41) is 12.4. The number of anilines is 1. The highest BCUT2D eigenvalue weighted by atomic mass is 16.5. The predicted molar refractivity (Wildman–Crippen MR) is 100 cm³/mol. The average molecular weight is 365 g/mol. The van der Waals surface area contributed by atoms with E-state index in [1.54, 1.807) is 31.4 Å². The topological polar surface area (TPSA) is 93.6 Å². The second-order valence-electron chi connectivity index (χ2n) is 5.66. The Morgan fingerprint density at radius 2 is 1.78 bits per heavy atom. The zero-order valence-electron chi connectivity index (χ0n) is 14.8. The SMILES string of the molecule is COc1ccc(OCc2ncc(C(=O)O)c(NCc3ccccc3)n2)cc1. The number of benzene rings is 2. The van der Waals surface area contributed by atoms with Crippen molar-refractivity contribution in [3.05, 3.63) is 77.7 Å². The molecule has 0 aliphatic heterocycles. The second kappa shape index (κ2) is 8.66. The first-order valence-corrected chi connectivity index (χ1v) is 8.29. The zero-order valence-corrected chi connectivity index (χ0v) is 14.8. The van der Waals surface area contributed by atoms with Crippen LogP contribution >= 0.6 is 0 Å². The molecule has 138 valence electrons. The molecule has 0 atom stereocenters. The molecule has 0 saturated carbocycles. The van der Waals surface area contributed by atoms with Crippen molar-refractivity contribution >= 4 is 11.8 Å². The Bertz CT molecular complexity index is 899. The molecule has 0 saturated heterocycles. The molecule has 0 spiro atoms. The van der Waals surface area contributed by atoms with Crippen LogP contribution in [0.1, 0.15) is 21.7 Å². The molecule has 0 aliphatic carbocycles. The predicted octanol–water partition coefficient (Wildman–Crippen LogP) is 3.37. The van der Waals surface area contributed by atoms with Gasteiger partial charge in [-0.2, -0.15) is 0 Å². The molecule has 0 amide bonds. The summed E-state index contributed by atoms with van der Waals surface area (Å²) >= 11 is 0. The van der Waals surface area contributed by atoms with Crippen molar-refractivity contribution < 1.29 is 19.4 Å². The van der Waals surface area contributed by atoms with Crippen molar-refractivity contribution in [2.75, 3.05) is 12.4 Å². The number of rotatable bonds is 8. The highest BCUT2D eigenvalue weighted by Crippen LogP contribution is 2.19. The Kier molecular flexibility index (Phi) is 5.84. The fourth-order valence-corrected chi connectivity index (χ4v) is 2.38. The third-order valence-electron chi connectivity index (χ3n) is 3.80. The van der Waals surface area contributed by atoms with Gasteiger partial charge in [-0.3, -0.25) is 0 Å². The van der Waals surface area contributed by atoms with Crippen molar-refractivity contribution in [3.8, 4) is 11.5 Å². The fraction of sp³-hybridized carbons (Fsp3) is 0.150. The van der Waals surface area contributed by atoms with Crippen LogP contribution in [0.25, 0.3) is 0 Å². The molecule has 7 nitrogen and oxygen atoms in total. The van der Waals surface area contributed by atoms with Crippen molar-refractivity contribution in [1.82, 2.24) is 9.97 Å². The van der Waals surface area contributed by atoms with Crippen molar-refractivity contribution in [1.29, 1.82) is 0 Å². The number of carboxylic acids is 1. The number of methoxy groups -OCH3 is 1. The third-order valence-corrected chi connectivity index (χ3v) is 3.80. The van der Waals surface area contributed by atoms with Gasteiger partial charge in [-0.15, -0.1) is 0 Å². The van der Waals surface area contributed by atoms with E-state index in [1.807, 2.05) is 30.3 Å². The lowest BCUT2D eigenvalue weighted by Gasteiger charge is -2.11. The van der Waals surface area contributed by atoms with Gasteiger partial charge < -0.3 is 19.9 Å². The molecule has 0 bridgehead atoms. The van der Waals surface area contributed by atoms with Gasteiger partial charge in [-0.05, 0) is 29.8 Å². The largest absolute Gasteiger partial charge is 0.497 e. The summed E-state index contributed by atoms with van der Waals surface area (Å²) in [5.41, 5.74) is 1.03. The number of carboxylic acid groups (broad SMARTS) is 1. The first kappa shape index (κ1) is 18.2. The number of hydrogen-bond donors (Lipinski definition) is 2. The molecule has 3 aromatic rings. The van der Waals surface area contributed by atoms with E-state index in [1.165, 1.54) is 6.20 Å². The molecular weight excluding hydrogens is 346 g/mol. The lowest BCUT2D eigenvalue weighted by Crippen LogP contribution is -2.12. The molecule has 27 heavy (non-hydrogen) atoms. The summed E-state index contributed by atoms with van der Waals surface area (Å²) in [6.45, 7) is 0.573. The molecule has 0 aliphatic rings. The Morgan fingerprint density at radius 1 is 1.07 bits per heavy atom. The Labute approximate surface area is 156 Å². The van der Waals surface area contributed by atoms with Gasteiger partial charge in [0.05, 0.1) is 7.11 Å². The number of nitrogens with zero attached hydrogens (tertiary/aromatic N) is 2. The summed E-state index contributed by atoms with van der Waals surface area (Å²) in [7, 11) is 1.59. The van der Waals surface area contributed by atoms with E-state index < -0.39 is 5.97 Å².